The van der Waals surface area contributed by atoms with Gasteiger partial charge in [0.1, 0.15) is 10.6 Å². The van der Waals surface area contributed by atoms with Crippen LogP contribution in [0.2, 0.25) is 5.02 Å². The number of pyridine rings is 1. The maximum atomic E-state index is 13.2. The highest BCUT2D eigenvalue weighted by Crippen LogP contribution is 2.25. The van der Waals surface area contributed by atoms with Crippen LogP contribution in [0.3, 0.4) is 0 Å². The topological polar surface area (TPSA) is 65.4 Å². The van der Waals surface area contributed by atoms with Gasteiger partial charge < -0.3 is 9.30 Å². The van der Waals surface area contributed by atoms with Crippen molar-refractivity contribution in [2.45, 2.75) is 43.0 Å². The Morgan fingerprint density at radius 2 is 1.79 bits per heavy atom. The highest BCUT2D eigenvalue weighted by atomic mass is 35.5. The third-order valence-electron chi connectivity index (χ3n) is 4.50. The van der Waals surface area contributed by atoms with E-state index >= 15 is 0 Å². The lowest BCUT2D eigenvalue weighted by atomic mass is 10.2. The molecule has 0 N–H and O–H groups in total. The fourth-order valence-corrected chi connectivity index (χ4v) is 4.55. The zero-order valence-electron chi connectivity index (χ0n) is 15.8. The Morgan fingerprint density at radius 3 is 2.43 bits per heavy atom. The molecule has 0 fully saturated rings. The van der Waals surface area contributed by atoms with E-state index < -0.39 is 15.3 Å². The molecular weight excluding hydrogens is 398 g/mol. The van der Waals surface area contributed by atoms with Crippen molar-refractivity contribution in [1.29, 1.82) is 0 Å². The van der Waals surface area contributed by atoms with Crippen molar-refractivity contribution in [3.63, 3.8) is 0 Å². The van der Waals surface area contributed by atoms with Crippen LogP contribution in [0.4, 0.5) is 0 Å². The summed E-state index contributed by atoms with van der Waals surface area (Å²) in [6.45, 7) is 4.98. The fraction of sp³-hybridized carbons (Fsp3) is 0.286. The highest BCUT2D eigenvalue weighted by molar-refractivity contribution is 7.91. The van der Waals surface area contributed by atoms with E-state index in [-0.39, 0.29) is 9.79 Å². The van der Waals surface area contributed by atoms with E-state index in [0.717, 1.165) is 12.8 Å². The first-order valence-electron chi connectivity index (χ1n) is 9.19. The largest absolute Gasteiger partial charge is 0.494 e. The fourth-order valence-electron chi connectivity index (χ4n) is 3.05. The van der Waals surface area contributed by atoms with Gasteiger partial charge in [0.15, 0.2) is 0 Å². The second kappa shape index (κ2) is 8.37. The second-order valence-electron chi connectivity index (χ2n) is 6.44. The van der Waals surface area contributed by atoms with Crippen molar-refractivity contribution in [1.82, 2.24) is 4.57 Å². The summed E-state index contributed by atoms with van der Waals surface area (Å²) in [4.78, 5) is 12.9. The lowest BCUT2D eigenvalue weighted by Gasteiger charge is -2.14. The minimum absolute atomic E-state index is 0.0383. The molecule has 28 heavy (non-hydrogen) atoms. The second-order valence-corrected chi connectivity index (χ2v) is 8.79. The van der Waals surface area contributed by atoms with Gasteiger partial charge in [0.25, 0.3) is 0 Å². The van der Waals surface area contributed by atoms with E-state index in [0.29, 0.717) is 34.8 Å². The van der Waals surface area contributed by atoms with Crippen LogP contribution in [0, 0.1) is 0 Å². The number of rotatable bonds is 7. The zero-order valence-corrected chi connectivity index (χ0v) is 17.4. The number of unbranched alkanes of at least 4 members (excludes halogenated alkanes) is 1. The van der Waals surface area contributed by atoms with Gasteiger partial charge >= 0.3 is 0 Å². The molecule has 0 unspecified atom stereocenters. The molecule has 0 amide bonds. The van der Waals surface area contributed by atoms with E-state index in [4.69, 9.17) is 16.3 Å². The van der Waals surface area contributed by atoms with Gasteiger partial charge in [-0.15, -0.1) is 0 Å². The van der Waals surface area contributed by atoms with Crippen molar-refractivity contribution in [3.05, 3.63) is 63.9 Å². The predicted molar refractivity (Wildman–Crippen MR) is 111 cm³/mol. The van der Waals surface area contributed by atoms with Gasteiger partial charge in [-0.25, -0.2) is 8.42 Å². The number of benzene rings is 2. The van der Waals surface area contributed by atoms with Crippen LogP contribution >= 0.6 is 11.6 Å². The van der Waals surface area contributed by atoms with Crippen molar-refractivity contribution in [2.24, 2.45) is 0 Å². The normalized spacial score (nSPS) is 11.7. The van der Waals surface area contributed by atoms with Crippen LogP contribution in [-0.2, 0) is 16.4 Å². The molecule has 0 aliphatic heterocycles. The van der Waals surface area contributed by atoms with Gasteiger partial charge in [0, 0.05) is 17.8 Å². The minimum Gasteiger partial charge on any atom is -0.494 e. The first-order chi connectivity index (χ1) is 13.4. The van der Waals surface area contributed by atoms with E-state index in [1.165, 1.54) is 30.5 Å². The Hall–Kier alpha value is -2.31. The molecule has 0 atom stereocenters. The van der Waals surface area contributed by atoms with E-state index in [1.807, 2.05) is 11.5 Å². The van der Waals surface area contributed by atoms with Crippen LogP contribution in [-0.4, -0.2) is 19.6 Å². The van der Waals surface area contributed by atoms with Gasteiger partial charge in [-0.1, -0.05) is 24.9 Å². The molecule has 0 aliphatic carbocycles. The van der Waals surface area contributed by atoms with Crippen molar-refractivity contribution >= 4 is 32.3 Å². The van der Waals surface area contributed by atoms with E-state index in [2.05, 4.69) is 6.92 Å². The predicted octanol–water partition coefficient (Wildman–Crippen LogP) is 4.69. The summed E-state index contributed by atoms with van der Waals surface area (Å²) in [5.74, 6) is 0.537. The molecule has 0 saturated carbocycles. The van der Waals surface area contributed by atoms with Crippen LogP contribution < -0.4 is 10.2 Å². The van der Waals surface area contributed by atoms with Crippen LogP contribution in [0.1, 0.15) is 26.7 Å². The third kappa shape index (κ3) is 3.93. The molecule has 3 rings (SSSR count). The summed E-state index contributed by atoms with van der Waals surface area (Å²) in [5, 5.41) is 0.760. The Labute approximate surface area is 169 Å². The van der Waals surface area contributed by atoms with Crippen molar-refractivity contribution in [2.75, 3.05) is 6.61 Å². The van der Waals surface area contributed by atoms with Crippen molar-refractivity contribution < 1.29 is 13.2 Å². The summed E-state index contributed by atoms with van der Waals surface area (Å²) in [6, 6.07) is 11.0. The first kappa shape index (κ1) is 20.4. The molecule has 1 heterocycles. The summed E-state index contributed by atoms with van der Waals surface area (Å²) in [7, 11) is -3.98. The number of hydrogen-bond donors (Lipinski definition) is 0. The molecule has 3 aromatic rings. The van der Waals surface area contributed by atoms with Gasteiger partial charge in [0.2, 0.25) is 15.3 Å². The number of aromatic nitrogens is 1. The number of sulfone groups is 1. The Morgan fingerprint density at radius 1 is 1.07 bits per heavy atom. The Kier molecular flexibility index (Phi) is 6.10. The standard InChI is InChI=1S/C21H22ClNO4S/c1-3-5-12-23-14-20(28(25,26)17-9-6-15(22)7-10-17)21(24)18-13-16(27-4-2)8-11-19(18)23/h6-11,13-14H,3-5,12H2,1-2H3. The number of halogens is 1. The number of hydrogen-bond acceptors (Lipinski definition) is 4. The molecule has 5 nitrogen and oxygen atoms in total. The summed E-state index contributed by atoms with van der Waals surface area (Å²) in [5.41, 5.74) is 0.163. The smallest absolute Gasteiger partial charge is 0.211 e. The summed E-state index contributed by atoms with van der Waals surface area (Å²) >= 11 is 5.87. The van der Waals surface area contributed by atoms with Gasteiger partial charge in [-0.2, -0.15) is 0 Å². The number of nitrogens with zero attached hydrogens (tertiary/aromatic N) is 1. The quantitative estimate of drug-likeness (QED) is 0.557. The average molecular weight is 420 g/mol. The molecule has 0 bridgehead atoms. The van der Waals surface area contributed by atoms with Gasteiger partial charge in [-0.05, 0) is 55.8 Å². The Bertz CT molecular complexity index is 1150. The first-order valence-corrected chi connectivity index (χ1v) is 11.0. The van der Waals surface area contributed by atoms with Crippen LogP contribution in [0.15, 0.2) is 63.2 Å². The number of aryl methyl sites for hydroxylation is 1. The zero-order chi connectivity index (χ0) is 20.3. The van der Waals surface area contributed by atoms with Crippen LogP contribution in [0.5, 0.6) is 5.75 Å². The monoisotopic (exact) mass is 419 g/mol. The molecule has 7 heteroatoms. The Balaban J connectivity index is 2.27. The SMILES string of the molecule is CCCCn1cc(S(=O)(=O)c2ccc(Cl)cc2)c(=O)c2cc(OCC)ccc21. The van der Waals surface area contributed by atoms with Crippen LogP contribution in [0.25, 0.3) is 10.9 Å². The van der Waals surface area contributed by atoms with E-state index in [1.54, 1.807) is 18.2 Å². The maximum Gasteiger partial charge on any atom is 0.211 e. The molecular formula is C21H22ClNO4S. The average Bonchev–Trinajstić information content (AvgIpc) is 2.68. The van der Waals surface area contributed by atoms with Gasteiger partial charge in [0.05, 0.1) is 22.4 Å². The summed E-state index contributed by atoms with van der Waals surface area (Å²) < 4.78 is 33.7. The van der Waals surface area contributed by atoms with E-state index in [9.17, 15) is 13.2 Å². The molecule has 0 radical (unpaired) electrons. The van der Waals surface area contributed by atoms with Gasteiger partial charge in [-0.3, -0.25) is 4.79 Å². The molecule has 2 aromatic carbocycles. The third-order valence-corrected chi connectivity index (χ3v) is 6.51. The lowest BCUT2D eigenvalue weighted by molar-refractivity contribution is 0.340. The maximum absolute atomic E-state index is 13.2. The molecule has 0 spiro atoms. The molecule has 0 aliphatic rings. The molecule has 148 valence electrons. The van der Waals surface area contributed by atoms with Crippen molar-refractivity contribution in [3.8, 4) is 5.75 Å². The molecule has 1 aromatic heterocycles. The minimum atomic E-state index is -3.98. The highest BCUT2D eigenvalue weighted by Gasteiger charge is 2.24. The summed E-state index contributed by atoms with van der Waals surface area (Å²) in [6.07, 6.45) is 3.26. The number of fused-ring (bicyclic) bond motifs is 1. The lowest BCUT2D eigenvalue weighted by Crippen LogP contribution is -2.19. The molecule has 0 saturated heterocycles. The number of ether oxygens (including phenoxy) is 1.